The number of hydrogen-bond acceptors (Lipinski definition) is 4. The van der Waals surface area contributed by atoms with E-state index in [4.69, 9.17) is 0 Å². The standard InChI is InChI=1S/C19H21F2N3OS/c1-23(18(25)15-8-6-10-22-17(15)26-19(20)21)13-14-7-2-3-9-16(14)24-11-4-5-12-24/h2-3,6-10,19H,4-5,11-13H2,1H3. The molecule has 4 nitrogen and oxygen atoms in total. The molecule has 7 heteroatoms. The number of halogens is 2. The molecule has 3 rings (SSSR count). The highest BCUT2D eigenvalue weighted by molar-refractivity contribution is 7.99. The highest BCUT2D eigenvalue weighted by atomic mass is 32.2. The Balaban J connectivity index is 1.79. The fourth-order valence-electron chi connectivity index (χ4n) is 3.18. The van der Waals surface area contributed by atoms with Crippen molar-refractivity contribution in [3.05, 3.63) is 53.7 Å². The summed E-state index contributed by atoms with van der Waals surface area (Å²) >= 11 is 0.300. The molecule has 0 atom stereocenters. The van der Waals surface area contributed by atoms with Crippen LogP contribution in [0.3, 0.4) is 0 Å². The van der Waals surface area contributed by atoms with E-state index in [-0.39, 0.29) is 16.5 Å². The number of carbonyl (C=O) groups excluding carboxylic acids is 1. The first-order valence-electron chi connectivity index (χ1n) is 8.54. The summed E-state index contributed by atoms with van der Waals surface area (Å²) in [5.74, 6) is -2.92. The van der Waals surface area contributed by atoms with Crippen molar-refractivity contribution in [1.82, 2.24) is 9.88 Å². The molecule has 0 spiro atoms. The number of carbonyl (C=O) groups is 1. The minimum atomic E-state index is -2.61. The van der Waals surface area contributed by atoms with Crippen LogP contribution >= 0.6 is 11.8 Å². The fraction of sp³-hybridized carbons (Fsp3) is 0.368. The molecule has 1 aliphatic rings. The van der Waals surface area contributed by atoms with Gasteiger partial charge in [0.05, 0.1) is 5.56 Å². The molecule has 0 bridgehead atoms. The maximum Gasteiger partial charge on any atom is 0.290 e. The molecular formula is C19H21F2N3OS. The van der Waals surface area contributed by atoms with Crippen LogP contribution in [-0.4, -0.2) is 41.7 Å². The van der Waals surface area contributed by atoms with Crippen molar-refractivity contribution >= 4 is 23.4 Å². The summed E-state index contributed by atoms with van der Waals surface area (Å²) in [6.07, 6.45) is 3.77. The van der Waals surface area contributed by atoms with Crippen molar-refractivity contribution in [1.29, 1.82) is 0 Å². The van der Waals surface area contributed by atoms with Crippen LogP contribution in [-0.2, 0) is 6.54 Å². The lowest BCUT2D eigenvalue weighted by atomic mass is 10.1. The second kappa shape index (κ2) is 8.49. The molecule has 1 aromatic heterocycles. The molecule has 0 unspecified atom stereocenters. The van der Waals surface area contributed by atoms with E-state index in [1.54, 1.807) is 24.1 Å². The van der Waals surface area contributed by atoms with Gasteiger partial charge in [0.15, 0.2) is 0 Å². The first kappa shape index (κ1) is 18.6. The minimum Gasteiger partial charge on any atom is -0.371 e. The second-order valence-corrected chi connectivity index (χ2v) is 7.20. The van der Waals surface area contributed by atoms with Gasteiger partial charge in [-0.15, -0.1) is 0 Å². The van der Waals surface area contributed by atoms with Crippen molar-refractivity contribution in [2.75, 3.05) is 25.0 Å². The van der Waals surface area contributed by atoms with Gasteiger partial charge in [0, 0.05) is 38.6 Å². The first-order chi connectivity index (χ1) is 12.6. The van der Waals surface area contributed by atoms with E-state index in [1.807, 2.05) is 18.2 Å². The Hall–Kier alpha value is -2.15. The number of thioether (sulfide) groups is 1. The number of nitrogens with zero attached hydrogens (tertiary/aromatic N) is 3. The van der Waals surface area contributed by atoms with Gasteiger partial charge < -0.3 is 9.80 Å². The first-order valence-corrected chi connectivity index (χ1v) is 9.42. The van der Waals surface area contributed by atoms with Gasteiger partial charge in [-0.2, -0.15) is 8.78 Å². The van der Waals surface area contributed by atoms with Gasteiger partial charge in [0.1, 0.15) is 5.03 Å². The number of benzene rings is 1. The fourth-order valence-corrected chi connectivity index (χ4v) is 3.75. The summed E-state index contributed by atoms with van der Waals surface area (Å²) < 4.78 is 25.5. The quantitative estimate of drug-likeness (QED) is 0.705. The average Bonchev–Trinajstić information content (AvgIpc) is 3.16. The number of anilines is 1. The van der Waals surface area contributed by atoms with Gasteiger partial charge in [-0.3, -0.25) is 4.79 Å². The van der Waals surface area contributed by atoms with Crippen molar-refractivity contribution in [3.8, 4) is 0 Å². The second-order valence-electron chi connectivity index (χ2n) is 6.22. The zero-order valence-corrected chi connectivity index (χ0v) is 15.4. The molecule has 138 valence electrons. The molecule has 2 aromatic rings. The number of hydrogen-bond donors (Lipinski definition) is 0. The summed E-state index contributed by atoms with van der Waals surface area (Å²) in [7, 11) is 1.69. The van der Waals surface area contributed by atoms with E-state index >= 15 is 0 Å². The summed E-state index contributed by atoms with van der Waals surface area (Å²) in [5, 5.41) is 0.0622. The molecule has 0 aliphatic carbocycles. The van der Waals surface area contributed by atoms with E-state index in [1.165, 1.54) is 19.0 Å². The lowest BCUT2D eigenvalue weighted by Gasteiger charge is -2.25. The van der Waals surface area contributed by atoms with E-state index in [2.05, 4.69) is 16.0 Å². The molecule has 1 saturated heterocycles. The molecule has 1 fully saturated rings. The Morgan fingerprint density at radius 3 is 2.69 bits per heavy atom. The normalized spacial score (nSPS) is 14.1. The lowest BCUT2D eigenvalue weighted by molar-refractivity contribution is 0.0781. The molecule has 0 radical (unpaired) electrons. The van der Waals surface area contributed by atoms with Gasteiger partial charge >= 0.3 is 0 Å². The largest absolute Gasteiger partial charge is 0.371 e. The van der Waals surface area contributed by atoms with Gasteiger partial charge in [0.25, 0.3) is 11.7 Å². The summed E-state index contributed by atoms with van der Waals surface area (Å²) in [6.45, 7) is 2.46. The number of para-hydroxylation sites is 1. The van der Waals surface area contributed by atoms with E-state index < -0.39 is 5.76 Å². The van der Waals surface area contributed by atoms with Crippen molar-refractivity contribution in [2.24, 2.45) is 0 Å². The smallest absolute Gasteiger partial charge is 0.290 e. The number of aromatic nitrogens is 1. The highest BCUT2D eigenvalue weighted by Gasteiger charge is 2.21. The Kier molecular flexibility index (Phi) is 6.08. The molecule has 1 amide bonds. The molecule has 2 heterocycles. The van der Waals surface area contributed by atoms with E-state index in [0.29, 0.717) is 18.3 Å². The van der Waals surface area contributed by atoms with Gasteiger partial charge in [-0.1, -0.05) is 18.2 Å². The molecule has 1 aromatic carbocycles. The van der Waals surface area contributed by atoms with Crippen LogP contribution in [0.5, 0.6) is 0 Å². The van der Waals surface area contributed by atoms with Crippen LogP contribution < -0.4 is 4.90 Å². The number of amides is 1. The average molecular weight is 377 g/mol. The summed E-state index contributed by atoms with van der Waals surface area (Å²) in [4.78, 5) is 20.6. The van der Waals surface area contributed by atoms with Gasteiger partial charge in [-0.25, -0.2) is 4.98 Å². The maximum atomic E-state index is 12.8. The van der Waals surface area contributed by atoms with E-state index in [9.17, 15) is 13.6 Å². The minimum absolute atomic E-state index is 0.0622. The van der Waals surface area contributed by atoms with Crippen molar-refractivity contribution in [3.63, 3.8) is 0 Å². The third kappa shape index (κ3) is 4.33. The number of alkyl halides is 2. The highest BCUT2D eigenvalue weighted by Crippen LogP contribution is 2.28. The van der Waals surface area contributed by atoms with Crippen LogP contribution in [0.1, 0.15) is 28.8 Å². The van der Waals surface area contributed by atoms with Gasteiger partial charge in [0.2, 0.25) is 0 Å². The van der Waals surface area contributed by atoms with Crippen LogP contribution in [0.4, 0.5) is 14.5 Å². The Bertz CT molecular complexity index is 766. The third-order valence-electron chi connectivity index (χ3n) is 4.39. The molecular weight excluding hydrogens is 356 g/mol. The Morgan fingerprint density at radius 2 is 1.96 bits per heavy atom. The predicted molar refractivity (Wildman–Crippen MR) is 99.8 cm³/mol. The predicted octanol–water partition coefficient (Wildman–Crippen LogP) is 4.27. The SMILES string of the molecule is CN(Cc1ccccc1N1CCCC1)C(=O)c1cccnc1SC(F)F. The topological polar surface area (TPSA) is 36.4 Å². The molecule has 1 aliphatic heterocycles. The monoisotopic (exact) mass is 377 g/mol. The zero-order chi connectivity index (χ0) is 18.5. The van der Waals surface area contributed by atoms with Crippen LogP contribution in [0.15, 0.2) is 47.6 Å². The summed E-state index contributed by atoms with van der Waals surface area (Å²) in [6, 6.07) is 11.2. The van der Waals surface area contributed by atoms with E-state index in [0.717, 1.165) is 24.3 Å². The summed E-state index contributed by atoms with van der Waals surface area (Å²) in [5.41, 5.74) is 2.40. The third-order valence-corrected chi connectivity index (χ3v) is 5.12. The zero-order valence-electron chi connectivity index (χ0n) is 14.6. The van der Waals surface area contributed by atoms with Crippen LogP contribution in [0.2, 0.25) is 0 Å². The van der Waals surface area contributed by atoms with Gasteiger partial charge in [-0.05, 0) is 48.4 Å². The number of pyridine rings is 1. The number of rotatable bonds is 6. The van der Waals surface area contributed by atoms with Crippen molar-refractivity contribution < 1.29 is 13.6 Å². The Labute approximate surface area is 156 Å². The molecule has 0 N–H and O–H groups in total. The Morgan fingerprint density at radius 1 is 1.23 bits per heavy atom. The maximum absolute atomic E-state index is 12.8. The molecule has 26 heavy (non-hydrogen) atoms. The van der Waals surface area contributed by atoms with Crippen molar-refractivity contribution in [2.45, 2.75) is 30.2 Å². The molecule has 0 saturated carbocycles. The van der Waals surface area contributed by atoms with Crippen LogP contribution in [0.25, 0.3) is 0 Å². The van der Waals surface area contributed by atoms with Crippen LogP contribution in [0, 0.1) is 0 Å². The lowest BCUT2D eigenvalue weighted by Crippen LogP contribution is -2.28.